The highest BCUT2D eigenvalue weighted by Crippen LogP contribution is 2.29. The first-order chi connectivity index (χ1) is 9.65. The van der Waals surface area contributed by atoms with Gasteiger partial charge in [0.05, 0.1) is 6.61 Å². The summed E-state index contributed by atoms with van der Waals surface area (Å²) < 4.78 is 5.81. The molecular formula is C16H33N3O. The summed E-state index contributed by atoms with van der Waals surface area (Å²) >= 11 is 0. The van der Waals surface area contributed by atoms with E-state index in [1.54, 1.807) is 0 Å². The zero-order valence-electron chi connectivity index (χ0n) is 13.7. The van der Waals surface area contributed by atoms with E-state index < -0.39 is 0 Å². The van der Waals surface area contributed by atoms with Gasteiger partial charge in [-0.05, 0) is 33.2 Å². The first-order valence-electron chi connectivity index (χ1n) is 8.40. The third-order valence-electron chi connectivity index (χ3n) is 4.85. The molecule has 2 saturated heterocycles. The number of hydrogen-bond donors (Lipinski definition) is 1. The molecule has 2 fully saturated rings. The van der Waals surface area contributed by atoms with Gasteiger partial charge in [0.25, 0.3) is 0 Å². The summed E-state index contributed by atoms with van der Waals surface area (Å²) in [6.07, 6.45) is 2.53. The number of nitrogens with zero attached hydrogens (tertiary/aromatic N) is 2. The largest absolute Gasteiger partial charge is 0.381 e. The molecule has 0 radical (unpaired) electrons. The van der Waals surface area contributed by atoms with Gasteiger partial charge in [0.2, 0.25) is 0 Å². The van der Waals surface area contributed by atoms with Crippen LogP contribution in [0.4, 0.5) is 0 Å². The lowest BCUT2D eigenvalue weighted by molar-refractivity contribution is -0.0340. The minimum atomic E-state index is 0.342. The van der Waals surface area contributed by atoms with Gasteiger partial charge in [-0.25, -0.2) is 0 Å². The molecule has 1 atom stereocenters. The third kappa shape index (κ3) is 4.42. The molecule has 0 bridgehead atoms. The molecule has 2 aliphatic rings. The highest BCUT2D eigenvalue weighted by atomic mass is 16.5. The van der Waals surface area contributed by atoms with Crippen LogP contribution >= 0.6 is 0 Å². The Morgan fingerprint density at radius 1 is 1.20 bits per heavy atom. The summed E-state index contributed by atoms with van der Waals surface area (Å²) in [5.74, 6) is 0. The van der Waals surface area contributed by atoms with Crippen LogP contribution in [0.1, 0.15) is 33.6 Å². The Kier molecular flexibility index (Phi) is 6.27. The van der Waals surface area contributed by atoms with E-state index in [9.17, 15) is 0 Å². The second-order valence-corrected chi connectivity index (χ2v) is 6.84. The number of nitrogens with one attached hydrogen (secondary N) is 1. The van der Waals surface area contributed by atoms with Crippen molar-refractivity contribution in [1.29, 1.82) is 0 Å². The quantitative estimate of drug-likeness (QED) is 0.798. The van der Waals surface area contributed by atoms with E-state index >= 15 is 0 Å². The molecule has 0 saturated carbocycles. The van der Waals surface area contributed by atoms with Gasteiger partial charge < -0.3 is 15.0 Å². The van der Waals surface area contributed by atoms with E-state index in [2.05, 4.69) is 35.9 Å². The van der Waals surface area contributed by atoms with E-state index in [4.69, 9.17) is 4.74 Å². The van der Waals surface area contributed by atoms with E-state index in [1.807, 2.05) is 0 Å². The van der Waals surface area contributed by atoms with Crippen LogP contribution < -0.4 is 5.32 Å². The second-order valence-electron chi connectivity index (χ2n) is 6.84. The lowest BCUT2D eigenvalue weighted by atomic mass is 9.81. The van der Waals surface area contributed by atoms with Crippen LogP contribution in [0.5, 0.6) is 0 Å². The summed E-state index contributed by atoms with van der Waals surface area (Å²) in [5, 5.41) is 3.56. The fourth-order valence-electron chi connectivity index (χ4n) is 3.53. The van der Waals surface area contributed by atoms with E-state index in [0.29, 0.717) is 11.5 Å². The number of hydrogen-bond acceptors (Lipinski definition) is 4. The first kappa shape index (κ1) is 16.2. The van der Waals surface area contributed by atoms with Gasteiger partial charge in [0.15, 0.2) is 0 Å². The highest BCUT2D eigenvalue weighted by Gasteiger charge is 2.35. The molecule has 4 heteroatoms. The maximum atomic E-state index is 5.81. The van der Waals surface area contributed by atoms with Crippen LogP contribution in [0, 0.1) is 5.41 Å². The smallest absolute Gasteiger partial charge is 0.0546 e. The van der Waals surface area contributed by atoms with Crippen molar-refractivity contribution in [2.75, 3.05) is 59.0 Å². The molecule has 2 heterocycles. The summed E-state index contributed by atoms with van der Waals surface area (Å²) in [6, 6.07) is 0.686. The molecule has 118 valence electrons. The molecule has 1 N–H and O–H groups in total. The van der Waals surface area contributed by atoms with Gasteiger partial charge in [-0.1, -0.05) is 6.92 Å². The third-order valence-corrected chi connectivity index (χ3v) is 4.85. The Bertz CT molecular complexity index is 269. The van der Waals surface area contributed by atoms with E-state index in [-0.39, 0.29) is 0 Å². The summed E-state index contributed by atoms with van der Waals surface area (Å²) in [5.41, 5.74) is 0.342. The van der Waals surface area contributed by atoms with Crippen LogP contribution in [0.25, 0.3) is 0 Å². The summed E-state index contributed by atoms with van der Waals surface area (Å²) in [4.78, 5) is 5.25. The molecular weight excluding hydrogens is 250 g/mol. The second kappa shape index (κ2) is 7.74. The minimum Gasteiger partial charge on any atom is -0.381 e. The number of piperazine rings is 1. The highest BCUT2D eigenvalue weighted by molar-refractivity contribution is 4.89. The predicted octanol–water partition coefficient (Wildman–Crippen LogP) is 1.42. The lowest BCUT2D eigenvalue weighted by Gasteiger charge is -2.44. The zero-order valence-corrected chi connectivity index (χ0v) is 13.7. The molecule has 1 unspecified atom stereocenters. The standard InChI is InChI=1S/C16H33N3O/c1-4-17-12-16(6-5-11-20-14-16)13-18-7-9-19(10-8-18)15(2)3/h15,17H,4-14H2,1-3H3. The average molecular weight is 283 g/mol. The van der Waals surface area contributed by atoms with Gasteiger partial charge in [-0.2, -0.15) is 0 Å². The van der Waals surface area contributed by atoms with Crippen molar-refractivity contribution < 1.29 is 4.74 Å². The molecule has 2 aliphatic heterocycles. The predicted molar refractivity (Wildman–Crippen MR) is 84.2 cm³/mol. The van der Waals surface area contributed by atoms with E-state index in [1.165, 1.54) is 45.6 Å². The maximum absolute atomic E-state index is 5.81. The van der Waals surface area contributed by atoms with Gasteiger partial charge in [-0.15, -0.1) is 0 Å². The molecule has 2 rings (SSSR count). The van der Waals surface area contributed by atoms with Gasteiger partial charge in [0, 0.05) is 57.3 Å². The minimum absolute atomic E-state index is 0.342. The van der Waals surface area contributed by atoms with Crippen molar-refractivity contribution in [2.24, 2.45) is 5.41 Å². The Morgan fingerprint density at radius 3 is 2.50 bits per heavy atom. The Morgan fingerprint density at radius 2 is 1.95 bits per heavy atom. The average Bonchev–Trinajstić information content (AvgIpc) is 2.47. The molecule has 0 spiro atoms. The Balaban J connectivity index is 1.85. The van der Waals surface area contributed by atoms with Crippen molar-refractivity contribution in [2.45, 2.75) is 39.7 Å². The summed E-state index contributed by atoms with van der Waals surface area (Å²) in [6.45, 7) is 16.9. The van der Waals surface area contributed by atoms with Crippen molar-refractivity contribution >= 4 is 0 Å². The topological polar surface area (TPSA) is 27.7 Å². The van der Waals surface area contributed by atoms with Crippen molar-refractivity contribution in [3.05, 3.63) is 0 Å². The van der Waals surface area contributed by atoms with Crippen LogP contribution in [0.3, 0.4) is 0 Å². The van der Waals surface area contributed by atoms with Crippen LogP contribution in [-0.2, 0) is 4.74 Å². The molecule has 0 aromatic carbocycles. The fraction of sp³-hybridized carbons (Fsp3) is 1.00. The summed E-state index contributed by atoms with van der Waals surface area (Å²) in [7, 11) is 0. The molecule has 0 aliphatic carbocycles. The lowest BCUT2D eigenvalue weighted by Crippen LogP contribution is -2.55. The molecule has 20 heavy (non-hydrogen) atoms. The maximum Gasteiger partial charge on any atom is 0.0546 e. The Labute approximate surface area is 124 Å². The van der Waals surface area contributed by atoms with Gasteiger partial charge in [-0.3, -0.25) is 4.90 Å². The van der Waals surface area contributed by atoms with Gasteiger partial charge in [0.1, 0.15) is 0 Å². The number of rotatable bonds is 6. The molecule has 0 amide bonds. The van der Waals surface area contributed by atoms with E-state index in [0.717, 1.165) is 26.3 Å². The normalized spacial score (nSPS) is 30.0. The van der Waals surface area contributed by atoms with Crippen LogP contribution in [0.2, 0.25) is 0 Å². The van der Waals surface area contributed by atoms with Crippen molar-refractivity contribution in [3.8, 4) is 0 Å². The molecule has 4 nitrogen and oxygen atoms in total. The number of ether oxygens (including phenoxy) is 1. The first-order valence-corrected chi connectivity index (χ1v) is 8.40. The van der Waals surface area contributed by atoms with Crippen molar-refractivity contribution in [3.63, 3.8) is 0 Å². The van der Waals surface area contributed by atoms with Gasteiger partial charge >= 0.3 is 0 Å². The fourth-order valence-corrected chi connectivity index (χ4v) is 3.53. The monoisotopic (exact) mass is 283 g/mol. The van der Waals surface area contributed by atoms with Crippen LogP contribution in [0.15, 0.2) is 0 Å². The molecule has 0 aromatic rings. The SMILES string of the molecule is CCNCC1(CN2CCN(C(C)C)CC2)CCCOC1. The van der Waals surface area contributed by atoms with Crippen LogP contribution in [-0.4, -0.2) is 74.9 Å². The molecule has 0 aromatic heterocycles. The Hall–Kier alpha value is -0.160. The van der Waals surface area contributed by atoms with Crippen molar-refractivity contribution in [1.82, 2.24) is 15.1 Å². The zero-order chi connectivity index (χ0) is 14.4.